The van der Waals surface area contributed by atoms with Gasteiger partial charge in [-0.3, -0.25) is 9.69 Å². The molecule has 1 aromatic carbocycles. The third-order valence-electron chi connectivity index (χ3n) is 5.86. The van der Waals surface area contributed by atoms with Gasteiger partial charge in [-0.15, -0.1) is 0 Å². The Balaban J connectivity index is 1.71. The third-order valence-corrected chi connectivity index (χ3v) is 5.86. The molecule has 8 nitrogen and oxygen atoms in total. The first-order valence-corrected chi connectivity index (χ1v) is 10.7. The number of carboxylic acids is 1. The highest BCUT2D eigenvalue weighted by atomic mass is 16.4. The Morgan fingerprint density at radius 1 is 1.10 bits per heavy atom. The normalized spacial score (nSPS) is 17.3. The van der Waals surface area contributed by atoms with Crippen LogP contribution < -0.4 is 5.73 Å². The van der Waals surface area contributed by atoms with Crippen LogP contribution in [0.25, 0.3) is 0 Å². The minimum atomic E-state index is -1.35. The van der Waals surface area contributed by atoms with E-state index in [1.165, 1.54) is 0 Å². The van der Waals surface area contributed by atoms with Crippen LogP contribution in [0, 0.1) is 11.3 Å². The van der Waals surface area contributed by atoms with Gasteiger partial charge in [-0.05, 0) is 43.8 Å². The van der Waals surface area contributed by atoms with Crippen molar-refractivity contribution in [2.24, 2.45) is 5.73 Å². The molecule has 0 bridgehead atoms. The molecule has 164 valence electrons. The summed E-state index contributed by atoms with van der Waals surface area (Å²) in [6, 6.07) is 9.93. The number of nitrogens with two attached hydrogens (primary N) is 1. The number of unbranched alkanes of at least 4 members (excludes halogenated alkanes) is 1. The van der Waals surface area contributed by atoms with Gasteiger partial charge in [0, 0.05) is 32.7 Å². The highest BCUT2D eigenvalue weighted by Gasteiger charge is 2.33. The molecule has 9 heteroatoms. The summed E-state index contributed by atoms with van der Waals surface area (Å²) in [5, 5.41) is 36.5. The Bertz CT molecular complexity index is 719. The molecule has 1 fully saturated rings. The fraction of sp³-hybridized carbons (Fsp3) is 0.619. The molecule has 1 aliphatic rings. The van der Waals surface area contributed by atoms with Gasteiger partial charge in [0.1, 0.15) is 5.54 Å². The molecule has 2 rings (SSSR count). The zero-order chi connectivity index (χ0) is 22.0. The monoisotopic (exact) mass is 416 g/mol. The number of benzene rings is 1. The molecule has 0 amide bonds. The minimum absolute atomic E-state index is 0.235. The Kier molecular flexibility index (Phi) is 9.75. The zero-order valence-electron chi connectivity index (χ0n) is 17.5. The van der Waals surface area contributed by atoms with E-state index < -0.39 is 18.6 Å². The second-order valence-corrected chi connectivity index (χ2v) is 8.18. The van der Waals surface area contributed by atoms with Gasteiger partial charge in [0.05, 0.1) is 11.6 Å². The lowest BCUT2D eigenvalue weighted by Gasteiger charge is -2.35. The van der Waals surface area contributed by atoms with E-state index in [4.69, 9.17) is 15.8 Å². The molecule has 1 saturated heterocycles. The van der Waals surface area contributed by atoms with Crippen LogP contribution in [0.1, 0.15) is 43.2 Å². The molecular weight excluding hydrogens is 383 g/mol. The van der Waals surface area contributed by atoms with Gasteiger partial charge in [-0.2, -0.15) is 5.26 Å². The SMILES string of the molecule is N#Cc1ccccc1CN1CCN(CCCC(N)(CCCCB(O)O)C(=O)O)CC1. The second kappa shape index (κ2) is 12.0. The van der Waals surface area contributed by atoms with E-state index in [0.29, 0.717) is 32.1 Å². The van der Waals surface area contributed by atoms with Crippen LogP contribution in [-0.4, -0.2) is 76.3 Å². The average Bonchev–Trinajstić information content (AvgIpc) is 2.72. The van der Waals surface area contributed by atoms with E-state index in [9.17, 15) is 15.2 Å². The first kappa shape index (κ1) is 24.3. The molecule has 1 unspecified atom stereocenters. The van der Waals surface area contributed by atoms with Crippen LogP contribution in [0.4, 0.5) is 0 Å². The van der Waals surface area contributed by atoms with E-state index in [1.54, 1.807) is 0 Å². The molecule has 0 saturated carbocycles. The molecular formula is C21H33BN4O4. The topological polar surface area (TPSA) is 134 Å². The molecule has 1 atom stereocenters. The van der Waals surface area contributed by atoms with Crippen LogP contribution in [0.2, 0.25) is 6.32 Å². The van der Waals surface area contributed by atoms with Gasteiger partial charge in [0.25, 0.3) is 0 Å². The molecule has 1 heterocycles. The maximum atomic E-state index is 11.6. The number of carboxylic acid groups (broad SMARTS) is 1. The number of hydrogen-bond donors (Lipinski definition) is 4. The summed E-state index contributed by atoms with van der Waals surface area (Å²) in [5.41, 5.74) is 6.65. The molecule has 0 radical (unpaired) electrons. The van der Waals surface area contributed by atoms with E-state index >= 15 is 0 Å². The molecule has 0 spiro atoms. The van der Waals surface area contributed by atoms with Crippen LogP contribution in [-0.2, 0) is 11.3 Å². The van der Waals surface area contributed by atoms with Gasteiger partial charge in [-0.25, -0.2) is 0 Å². The molecule has 0 aliphatic carbocycles. The highest BCUT2D eigenvalue weighted by Crippen LogP contribution is 2.20. The van der Waals surface area contributed by atoms with Crippen LogP contribution in [0.3, 0.4) is 0 Å². The van der Waals surface area contributed by atoms with Crippen molar-refractivity contribution in [2.45, 2.75) is 50.5 Å². The summed E-state index contributed by atoms with van der Waals surface area (Å²) in [4.78, 5) is 16.3. The standard InChI is InChI=1S/C21H33BN4O4/c23-16-18-6-1-2-7-19(18)17-26-14-12-25(13-15-26)11-5-9-21(24,20(27)28)8-3-4-10-22(29)30/h1-2,6-7,29-30H,3-5,8-15,17,24H2,(H,27,28). The smallest absolute Gasteiger partial charge is 0.451 e. The number of piperazine rings is 1. The van der Waals surface area contributed by atoms with E-state index in [0.717, 1.165) is 50.4 Å². The zero-order valence-corrected chi connectivity index (χ0v) is 17.5. The summed E-state index contributed by atoms with van der Waals surface area (Å²) < 4.78 is 0. The van der Waals surface area contributed by atoms with Gasteiger partial charge in [0.15, 0.2) is 0 Å². The first-order chi connectivity index (χ1) is 14.3. The lowest BCUT2D eigenvalue weighted by molar-refractivity contribution is -0.144. The van der Waals surface area contributed by atoms with E-state index in [-0.39, 0.29) is 6.32 Å². The van der Waals surface area contributed by atoms with E-state index in [1.807, 2.05) is 24.3 Å². The first-order valence-electron chi connectivity index (χ1n) is 10.7. The molecule has 1 aromatic rings. The summed E-state index contributed by atoms with van der Waals surface area (Å²) in [5.74, 6) is -0.993. The van der Waals surface area contributed by atoms with Gasteiger partial charge in [-0.1, -0.05) is 31.0 Å². The van der Waals surface area contributed by atoms with Crippen molar-refractivity contribution in [1.29, 1.82) is 5.26 Å². The number of rotatable bonds is 12. The number of hydrogen-bond acceptors (Lipinski definition) is 7. The van der Waals surface area contributed by atoms with Crippen molar-refractivity contribution in [1.82, 2.24) is 9.80 Å². The second-order valence-electron chi connectivity index (χ2n) is 8.18. The lowest BCUT2D eigenvalue weighted by Crippen LogP contribution is -2.49. The lowest BCUT2D eigenvalue weighted by atomic mass is 9.81. The summed E-state index contributed by atoms with van der Waals surface area (Å²) in [6.45, 7) is 5.22. The van der Waals surface area contributed by atoms with Crippen molar-refractivity contribution in [3.63, 3.8) is 0 Å². The molecule has 0 aromatic heterocycles. The van der Waals surface area contributed by atoms with Crippen molar-refractivity contribution in [3.05, 3.63) is 35.4 Å². The predicted molar refractivity (Wildman–Crippen MR) is 116 cm³/mol. The van der Waals surface area contributed by atoms with Crippen molar-refractivity contribution in [3.8, 4) is 6.07 Å². The number of nitrogens with zero attached hydrogens (tertiary/aromatic N) is 3. The van der Waals surface area contributed by atoms with Crippen LogP contribution in [0.15, 0.2) is 24.3 Å². The molecule has 30 heavy (non-hydrogen) atoms. The van der Waals surface area contributed by atoms with Gasteiger partial charge in [0.2, 0.25) is 0 Å². The van der Waals surface area contributed by atoms with E-state index in [2.05, 4.69) is 15.9 Å². The quantitative estimate of drug-likeness (QED) is 0.292. The van der Waals surface area contributed by atoms with Crippen LogP contribution in [0.5, 0.6) is 0 Å². The summed E-state index contributed by atoms with van der Waals surface area (Å²) in [6.07, 6.45) is 2.78. The highest BCUT2D eigenvalue weighted by molar-refractivity contribution is 6.40. The number of carbonyl (C=O) groups is 1. The fourth-order valence-electron chi connectivity index (χ4n) is 3.90. The largest absolute Gasteiger partial charge is 0.480 e. The molecule has 1 aliphatic heterocycles. The van der Waals surface area contributed by atoms with Gasteiger partial charge >= 0.3 is 13.1 Å². The summed E-state index contributed by atoms with van der Waals surface area (Å²) >= 11 is 0. The maximum Gasteiger partial charge on any atom is 0.451 e. The Labute approximate surface area is 179 Å². The maximum absolute atomic E-state index is 11.6. The van der Waals surface area contributed by atoms with Crippen molar-refractivity contribution < 1.29 is 19.9 Å². The molecule has 5 N–H and O–H groups in total. The van der Waals surface area contributed by atoms with Gasteiger partial charge < -0.3 is 25.8 Å². The van der Waals surface area contributed by atoms with Crippen molar-refractivity contribution >= 4 is 13.1 Å². The third kappa shape index (κ3) is 7.71. The van der Waals surface area contributed by atoms with Crippen LogP contribution >= 0.6 is 0 Å². The Morgan fingerprint density at radius 3 is 2.37 bits per heavy atom. The predicted octanol–water partition coefficient (Wildman–Crippen LogP) is 0.881. The van der Waals surface area contributed by atoms with Crippen molar-refractivity contribution in [2.75, 3.05) is 32.7 Å². The average molecular weight is 416 g/mol. The fourth-order valence-corrected chi connectivity index (χ4v) is 3.90. The summed E-state index contributed by atoms with van der Waals surface area (Å²) in [7, 11) is -1.35. The minimum Gasteiger partial charge on any atom is -0.480 e. The Morgan fingerprint density at radius 2 is 1.73 bits per heavy atom. The number of nitriles is 1. The Hall–Kier alpha value is -1.96. The number of aliphatic carboxylic acids is 1.